The Bertz CT molecular complexity index is 425. The Kier molecular flexibility index (Phi) is 1.90. The predicted molar refractivity (Wildman–Crippen MR) is 49.9 cm³/mol. The lowest BCUT2D eigenvalue weighted by Gasteiger charge is -2.02. The maximum absolute atomic E-state index is 5.64. The summed E-state index contributed by atoms with van der Waals surface area (Å²) < 4.78 is 0. The molecule has 0 bridgehead atoms. The molecule has 4 heteroatoms. The second-order valence-electron chi connectivity index (χ2n) is 2.95. The van der Waals surface area contributed by atoms with Gasteiger partial charge < -0.3 is 5.73 Å². The molecule has 1 aromatic heterocycles. The highest BCUT2D eigenvalue weighted by atomic mass is 15.2. The molecule has 0 amide bonds. The van der Waals surface area contributed by atoms with Crippen molar-refractivity contribution in [3.05, 3.63) is 30.1 Å². The first kappa shape index (κ1) is 8.07. The summed E-state index contributed by atoms with van der Waals surface area (Å²) in [5, 5.41) is 7.93. The summed E-state index contributed by atoms with van der Waals surface area (Å²) in [5.74, 6) is 0.582. The van der Waals surface area contributed by atoms with Crippen LogP contribution in [0.1, 0.15) is 18.8 Å². The summed E-state index contributed by atoms with van der Waals surface area (Å²) in [6.07, 6.45) is 0. The minimum Gasteiger partial charge on any atom is -0.321 e. The van der Waals surface area contributed by atoms with Crippen LogP contribution in [0.25, 0.3) is 11.0 Å². The zero-order chi connectivity index (χ0) is 9.26. The molecular weight excluding hydrogens is 164 g/mol. The van der Waals surface area contributed by atoms with Crippen LogP contribution in [0.5, 0.6) is 0 Å². The number of hydrogen-bond acceptors (Lipinski definition) is 4. The molecule has 13 heavy (non-hydrogen) atoms. The van der Waals surface area contributed by atoms with Crippen LogP contribution in [0, 0.1) is 0 Å². The summed E-state index contributed by atoms with van der Waals surface area (Å²) in [4.78, 5) is 4.28. The minimum absolute atomic E-state index is 0.169. The second kappa shape index (κ2) is 3.06. The van der Waals surface area contributed by atoms with E-state index in [0.29, 0.717) is 5.82 Å². The molecule has 0 aliphatic rings. The summed E-state index contributed by atoms with van der Waals surface area (Å²) in [6, 6.07) is 7.43. The van der Waals surface area contributed by atoms with Crippen molar-refractivity contribution in [1.29, 1.82) is 0 Å². The first-order valence-electron chi connectivity index (χ1n) is 4.12. The molecule has 0 spiro atoms. The molecular formula is C9H10N4. The lowest BCUT2D eigenvalue weighted by atomic mass is 10.3. The van der Waals surface area contributed by atoms with Crippen molar-refractivity contribution in [3.63, 3.8) is 0 Å². The third-order valence-corrected chi connectivity index (χ3v) is 1.78. The smallest absolute Gasteiger partial charge is 0.168 e. The molecule has 1 heterocycles. The van der Waals surface area contributed by atoms with Crippen LogP contribution >= 0.6 is 0 Å². The Morgan fingerprint density at radius 3 is 2.54 bits per heavy atom. The molecule has 4 nitrogen and oxygen atoms in total. The maximum Gasteiger partial charge on any atom is 0.168 e. The third kappa shape index (κ3) is 1.48. The van der Waals surface area contributed by atoms with Crippen LogP contribution in [0.3, 0.4) is 0 Å². The van der Waals surface area contributed by atoms with Crippen LogP contribution in [-0.4, -0.2) is 15.2 Å². The number of nitrogens with two attached hydrogens (primary N) is 1. The van der Waals surface area contributed by atoms with Gasteiger partial charge >= 0.3 is 0 Å². The molecule has 0 fully saturated rings. The van der Waals surface area contributed by atoms with E-state index >= 15 is 0 Å². The van der Waals surface area contributed by atoms with Gasteiger partial charge in [0.25, 0.3) is 0 Å². The Morgan fingerprint density at radius 1 is 1.15 bits per heavy atom. The fourth-order valence-electron chi connectivity index (χ4n) is 1.09. The van der Waals surface area contributed by atoms with Gasteiger partial charge in [-0.1, -0.05) is 12.1 Å². The molecule has 2 N–H and O–H groups in total. The Morgan fingerprint density at radius 2 is 1.85 bits per heavy atom. The van der Waals surface area contributed by atoms with E-state index in [9.17, 15) is 0 Å². The Balaban J connectivity index is 2.62. The largest absolute Gasteiger partial charge is 0.321 e. The molecule has 66 valence electrons. The molecule has 0 aliphatic carbocycles. The van der Waals surface area contributed by atoms with E-state index in [1.165, 1.54) is 0 Å². The highest BCUT2D eigenvalue weighted by molar-refractivity contribution is 5.72. The third-order valence-electron chi connectivity index (χ3n) is 1.78. The Labute approximate surface area is 75.8 Å². The van der Waals surface area contributed by atoms with Gasteiger partial charge in [-0.2, -0.15) is 0 Å². The zero-order valence-electron chi connectivity index (χ0n) is 7.31. The van der Waals surface area contributed by atoms with E-state index in [1.807, 2.05) is 31.2 Å². The number of para-hydroxylation sites is 1. The number of fused-ring (bicyclic) bond motifs is 1. The average Bonchev–Trinajstić information content (AvgIpc) is 2.17. The van der Waals surface area contributed by atoms with Crippen molar-refractivity contribution in [1.82, 2.24) is 15.2 Å². The molecule has 1 unspecified atom stereocenters. The van der Waals surface area contributed by atoms with Crippen molar-refractivity contribution in [3.8, 4) is 0 Å². The van der Waals surface area contributed by atoms with E-state index < -0.39 is 0 Å². The SMILES string of the molecule is CC(N)c1nnc2ccccc2n1. The number of hydrogen-bond donors (Lipinski definition) is 1. The molecule has 2 rings (SSSR count). The quantitative estimate of drug-likeness (QED) is 0.701. The van der Waals surface area contributed by atoms with Crippen molar-refractivity contribution < 1.29 is 0 Å². The average molecular weight is 174 g/mol. The van der Waals surface area contributed by atoms with Gasteiger partial charge in [0.2, 0.25) is 0 Å². The van der Waals surface area contributed by atoms with Gasteiger partial charge in [-0.3, -0.25) is 0 Å². The van der Waals surface area contributed by atoms with Crippen molar-refractivity contribution >= 4 is 11.0 Å². The van der Waals surface area contributed by atoms with Crippen molar-refractivity contribution in [2.45, 2.75) is 13.0 Å². The van der Waals surface area contributed by atoms with Gasteiger partial charge in [-0.05, 0) is 19.1 Å². The van der Waals surface area contributed by atoms with Gasteiger partial charge in [-0.15, -0.1) is 10.2 Å². The van der Waals surface area contributed by atoms with E-state index in [1.54, 1.807) is 0 Å². The molecule has 0 radical (unpaired) electrons. The summed E-state index contributed by atoms with van der Waals surface area (Å²) in [6.45, 7) is 1.84. The Hall–Kier alpha value is -1.55. The summed E-state index contributed by atoms with van der Waals surface area (Å²) in [7, 11) is 0. The molecule has 2 aromatic rings. The van der Waals surface area contributed by atoms with E-state index in [2.05, 4.69) is 15.2 Å². The van der Waals surface area contributed by atoms with E-state index in [4.69, 9.17) is 5.73 Å². The standard InChI is InChI=1S/C9H10N4/c1-6(10)9-11-7-4-2-3-5-8(7)12-13-9/h2-6H,10H2,1H3. The first-order chi connectivity index (χ1) is 6.27. The maximum atomic E-state index is 5.64. The number of aromatic nitrogens is 3. The molecule has 0 saturated carbocycles. The van der Waals surface area contributed by atoms with Crippen LogP contribution in [-0.2, 0) is 0 Å². The van der Waals surface area contributed by atoms with Crippen molar-refractivity contribution in [2.24, 2.45) is 5.73 Å². The minimum atomic E-state index is -0.169. The monoisotopic (exact) mass is 174 g/mol. The molecule has 0 aliphatic heterocycles. The lowest BCUT2D eigenvalue weighted by molar-refractivity contribution is 0.720. The second-order valence-corrected chi connectivity index (χ2v) is 2.95. The van der Waals surface area contributed by atoms with E-state index in [0.717, 1.165) is 11.0 Å². The molecule has 1 aromatic carbocycles. The molecule has 0 saturated heterocycles. The van der Waals surface area contributed by atoms with E-state index in [-0.39, 0.29) is 6.04 Å². The van der Waals surface area contributed by atoms with Crippen LogP contribution in [0.2, 0.25) is 0 Å². The van der Waals surface area contributed by atoms with Crippen LogP contribution < -0.4 is 5.73 Å². The van der Waals surface area contributed by atoms with Gasteiger partial charge in [0.05, 0.1) is 11.6 Å². The highest BCUT2D eigenvalue weighted by Crippen LogP contribution is 2.09. The first-order valence-corrected chi connectivity index (χ1v) is 4.12. The normalized spacial score (nSPS) is 13.1. The summed E-state index contributed by atoms with van der Waals surface area (Å²) >= 11 is 0. The van der Waals surface area contributed by atoms with Gasteiger partial charge in [0.1, 0.15) is 5.52 Å². The summed E-state index contributed by atoms with van der Waals surface area (Å²) in [5.41, 5.74) is 7.28. The fourth-order valence-corrected chi connectivity index (χ4v) is 1.09. The van der Waals surface area contributed by atoms with Gasteiger partial charge in [0.15, 0.2) is 5.82 Å². The van der Waals surface area contributed by atoms with Crippen molar-refractivity contribution in [2.75, 3.05) is 0 Å². The van der Waals surface area contributed by atoms with Crippen LogP contribution in [0.4, 0.5) is 0 Å². The van der Waals surface area contributed by atoms with Gasteiger partial charge in [-0.25, -0.2) is 4.98 Å². The predicted octanol–water partition coefficient (Wildman–Crippen LogP) is 1.04. The highest BCUT2D eigenvalue weighted by Gasteiger charge is 2.04. The lowest BCUT2D eigenvalue weighted by Crippen LogP contribution is -2.10. The zero-order valence-corrected chi connectivity index (χ0v) is 7.31. The topological polar surface area (TPSA) is 64.7 Å². The fraction of sp³-hybridized carbons (Fsp3) is 0.222. The number of nitrogens with zero attached hydrogens (tertiary/aromatic N) is 3. The van der Waals surface area contributed by atoms with Crippen LogP contribution in [0.15, 0.2) is 24.3 Å². The molecule has 1 atom stereocenters. The number of rotatable bonds is 1. The van der Waals surface area contributed by atoms with Gasteiger partial charge in [0, 0.05) is 0 Å². The number of benzene rings is 1.